The number of nitrogens with zero attached hydrogens (tertiary/aromatic N) is 3. The van der Waals surface area contributed by atoms with Gasteiger partial charge in [0.25, 0.3) is 5.56 Å². The average molecular weight is 305 g/mol. The molecule has 0 atom stereocenters. The maximum atomic E-state index is 12.4. The van der Waals surface area contributed by atoms with Gasteiger partial charge in [-0.3, -0.25) is 15.0 Å². The topological polar surface area (TPSA) is 104 Å². The fourth-order valence-electron chi connectivity index (χ4n) is 1.88. The summed E-state index contributed by atoms with van der Waals surface area (Å²) >= 11 is 1.11. The second kappa shape index (κ2) is 6.45. The molecule has 0 spiro atoms. The van der Waals surface area contributed by atoms with Gasteiger partial charge in [-0.25, -0.2) is 4.98 Å². The van der Waals surface area contributed by atoms with Crippen molar-refractivity contribution in [3.8, 4) is 6.07 Å². The lowest BCUT2D eigenvalue weighted by atomic mass is 10.3. The Balaban J connectivity index is 2.52. The highest BCUT2D eigenvalue weighted by Crippen LogP contribution is 2.17. The number of aryl methyl sites for hydroxylation is 1. The third-order valence-electron chi connectivity index (χ3n) is 2.74. The van der Waals surface area contributed by atoms with Gasteiger partial charge in [0.1, 0.15) is 5.52 Å². The summed E-state index contributed by atoms with van der Waals surface area (Å²) in [4.78, 5) is 31.5. The molecular formula is C13H15N5O2S. The quantitative estimate of drug-likeness (QED) is 0.644. The van der Waals surface area contributed by atoms with Crippen molar-refractivity contribution in [2.45, 2.75) is 31.8 Å². The second-order valence-corrected chi connectivity index (χ2v) is 5.42. The molecule has 0 fully saturated rings. The Morgan fingerprint density at radius 2 is 2.38 bits per heavy atom. The van der Waals surface area contributed by atoms with Gasteiger partial charge in [0.2, 0.25) is 5.91 Å². The third kappa shape index (κ3) is 3.25. The maximum Gasteiger partial charge on any atom is 0.297 e. The molecule has 0 bridgehead atoms. The molecule has 1 amide bonds. The second-order valence-electron chi connectivity index (χ2n) is 4.48. The van der Waals surface area contributed by atoms with Gasteiger partial charge in [-0.15, -0.1) is 0 Å². The zero-order chi connectivity index (χ0) is 15.4. The van der Waals surface area contributed by atoms with E-state index in [4.69, 9.17) is 5.26 Å². The number of thioether (sulfide) groups is 1. The van der Waals surface area contributed by atoms with E-state index < -0.39 is 0 Å². The average Bonchev–Trinajstić information content (AvgIpc) is 2.81. The lowest BCUT2D eigenvalue weighted by molar-refractivity contribution is -0.117. The van der Waals surface area contributed by atoms with E-state index in [1.165, 1.54) is 0 Å². The number of hydrogen-bond donors (Lipinski definition) is 2. The molecule has 21 heavy (non-hydrogen) atoms. The Labute approximate surface area is 125 Å². The van der Waals surface area contributed by atoms with Gasteiger partial charge < -0.3 is 4.98 Å². The first-order valence-corrected chi connectivity index (χ1v) is 7.47. The molecule has 2 aromatic rings. The summed E-state index contributed by atoms with van der Waals surface area (Å²) in [6.45, 7) is 3.70. The van der Waals surface area contributed by atoms with Crippen LogP contribution in [0.1, 0.15) is 25.5 Å². The predicted molar refractivity (Wildman–Crippen MR) is 80.7 cm³/mol. The van der Waals surface area contributed by atoms with Crippen molar-refractivity contribution in [2.75, 3.05) is 11.2 Å². The number of nitriles is 1. The fourth-order valence-corrected chi connectivity index (χ4v) is 2.49. The number of carbonyl (C=O) groups is 1. The minimum Gasteiger partial charge on any atom is -0.353 e. The van der Waals surface area contributed by atoms with Gasteiger partial charge in [-0.2, -0.15) is 9.94 Å². The van der Waals surface area contributed by atoms with Gasteiger partial charge in [0, 0.05) is 12.1 Å². The first kappa shape index (κ1) is 15.1. The van der Waals surface area contributed by atoms with Crippen LogP contribution in [0.3, 0.4) is 0 Å². The number of nitrogens with one attached hydrogen (secondary N) is 2. The summed E-state index contributed by atoms with van der Waals surface area (Å²) in [5.41, 5.74) is 3.84. The summed E-state index contributed by atoms with van der Waals surface area (Å²) in [7, 11) is 0. The number of carbonyl (C=O) groups excluding carboxylic acids is 1. The van der Waals surface area contributed by atoms with E-state index in [-0.39, 0.29) is 17.2 Å². The molecule has 110 valence electrons. The van der Waals surface area contributed by atoms with Crippen LogP contribution < -0.4 is 11.0 Å². The van der Waals surface area contributed by atoms with Crippen molar-refractivity contribution in [1.29, 1.82) is 5.26 Å². The standard InChI is InChI=1S/C13H15N5O2S/c1-3-4-10(19)17-18-12(20)11-9(7-8(2)15-11)16-13(18)21-6-5-14/h7,15H,3-4,6H2,1-2H3,(H,17,19). The van der Waals surface area contributed by atoms with E-state index in [0.717, 1.165) is 22.1 Å². The van der Waals surface area contributed by atoms with E-state index in [9.17, 15) is 9.59 Å². The number of H-pyrrole nitrogens is 1. The van der Waals surface area contributed by atoms with Crippen LogP contribution in [0, 0.1) is 18.3 Å². The van der Waals surface area contributed by atoms with E-state index in [0.29, 0.717) is 29.0 Å². The highest BCUT2D eigenvalue weighted by molar-refractivity contribution is 7.99. The van der Waals surface area contributed by atoms with Crippen molar-refractivity contribution >= 4 is 28.7 Å². The summed E-state index contributed by atoms with van der Waals surface area (Å²) in [5.74, 6) is -0.117. The largest absolute Gasteiger partial charge is 0.353 e. The molecule has 0 saturated carbocycles. The molecule has 0 aliphatic rings. The minimum absolute atomic E-state index is 0.144. The zero-order valence-electron chi connectivity index (χ0n) is 11.8. The SMILES string of the molecule is CCCC(=O)Nn1c(SCC#N)nc2cc(C)[nH]c2c1=O. The molecule has 8 heteroatoms. The van der Waals surface area contributed by atoms with Crippen LogP contribution in [0.5, 0.6) is 0 Å². The fraction of sp³-hybridized carbons (Fsp3) is 0.385. The first-order valence-electron chi connectivity index (χ1n) is 6.48. The van der Waals surface area contributed by atoms with Crippen LogP contribution in [-0.4, -0.2) is 26.3 Å². The molecule has 0 unspecified atom stereocenters. The Morgan fingerprint density at radius 1 is 1.62 bits per heavy atom. The van der Waals surface area contributed by atoms with Crippen LogP contribution in [-0.2, 0) is 4.79 Å². The van der Waals surface area contributed by atoms with Crippen LogP contribution in [0.2, 0.25) is 0 Å². The smallest absolute Gasteiger partial charge is 0.297 e. The van der Waals surface area contributed by atoms with Gasteiger partial charge in [0.15, 0.2) is 5.16 Å². The molecule has 2 N–H and O–H groups in total. The lowest BCUT2D eigenvalue weighted by Gasteiger charge is -2.11. The number of hydrogen-bond acceptors (Lipinski definition) is 5. The summed E-state index contributed by atoms with van der Waals surface area (Å²) in [6.07, 6.45) is 0.995. The van der Waals surface area contributed by atoms with E-state index in [1.807, 2.05) is 19.9 Å². The molecule has 0 aliphatic heterocycles. The molecular weight excluding hydrogens is 290 g/mol. The van der Waals surface area contributed by atoms with Crippen molar-refractivity contribution in [1.82, 2.24) is 14.6 Å². The van der Waals surface area contributed by atoms with Crippen molar-refractivity contribution < 1.29 is 4.79 Å². The Bertz CT molecular complexity index is 771. The Kier molecular flexibility index (Phi) is 4.65. The number of aromatic nitrogens is 3. The molecule has 0 radical (unpaired) electrons. The first-order chi connectivity index (χ1) is 10.1. The van der Waals surface area contributed by atoms with Gasteiger partial charge in [-0.1, -0.05) is 18.7 Å². The number of aromatic amines is 1. The monoisotopic (exact) mass is 305 g/mol. The molecule has 2 rings (SSSR count). The highest BCUT2D eigenvalue weighted by Gasteiger charge is 2.15. The lowest BCUT2D eigenvalue weighted by Crippen LogP contribution is -2.35. The highest BCUT2D eigenvalue weighted by atomic mass is 32.2. The van der Waals surface area contributed by atoms with Gasteiger partial charge in [0.05, 0.1) is 17.3 Å². The van der Waals surface area contributed by atoms with E-state index >= 15 is 0 Å². The number of rotatable bonds is 5. The van der Waals surface area contributed by atoms with Crippen molar-refractivity contribution in [3.63, 3.8) is 0 Å². The van der Waals surface area contributed by atoms with Gasteiger partial charge >= 0.3 is 0 Å². The van der Waals surface area contributed by atoms with Crippen molar-refractivity contribution in [3.05, 3.63) is 22.1 Å². The summed E-state index contributed by atoms with van der Waals surface area (Å²) < 4.78 is 1.11. The van der Waals surface area contributed by atoms with Crippen LogP contribution in [0.4, 0.5) is 0 Å². The van der Waals surface area contributed by atoms with Crippen LogP contribution in [0.25, 0.3) is 11.0 Å². The van der Waals surface area contributed by atoms with Crippen molar-refractivity contribution in [2.24, 2.45) is 0 Å². The molecule has 7 nitrogen and oxygen atoms in total. The Morgan fingerprint density at radius 3 is 3.05 bits per heavy atom. The molecule has 2 aromatic heterocycles. The molecule has 0 aromatic carbocycles. The van der Waals surface area contributed by atoms with E-state index in [1.54, 1.807) is 6.07 Å². The predicted octanol–water partition coefficient (Wildman–Crippen LogP) is 1.52. The molecule has 2 heterocycles. The summed E-state index contributed by atoms with van der Waals surface area (Å²) in [6, 6.07) is 3.74. The molecule has 0 aliphatic carbocycles. The maximum absolute atomic E-state index is 12.4. The normalized spacial score (nSPS) is 10.5. The third-order valence-corrected chi connectivity index (χ3v) is 3.54. The molecule has 0 saturated heterocycles. The zero-order valence-corrected chi connectivity index (χ0v) is 12.6. The summed E-state index contributed by atoms with van der Waals surface area (Å²) in [5, 5.41) is 9.00. The number of fused-ring (bicyclic) bond motifs is 1. The Hall–Kier alpha value is -2.27. The minimum atomic E-state index is -0.377. The van der Waals surface area contributed by atoms with Gasteiger partial charge in [-0.05, 0) is 19.4 Å². The number of amides is 1. The van der Waals surface area contributed by atoms with Crippen LogP contribution >= 0.6 is 11.8 Å². The van der Waals surface area contributed by atoms with E-state index in [2.05, 4.69) is 15.4 Å². The van der Waals surface area contributed by atoms with Crippen LogP contribution in [0.15, 0.2) is 16.0 Å².